The van der Waals surface area contributed by atoms with Crippen molar-refractivity contribution >= 4 is 31.9 Å². The number of nitrogens with one attached hydrogen (secondary N) is 1. The molecule has 0 amide bonds. The Kier molecular flexibility index (Phi) is 4.55. The van der Waals surface area contributed by atoms with Gasteiger partial charge in [-0.25, -0.2) is 9.82 Å². The molecule has 1 unspecified atom stereocenters. The van der Waals surface area contributed by atoms with Crippen molar-refractivity contribution in [1.29, 1.82) is 0 Å². The minimum atomic E-state index is -0.274. The Hall–Kier alpha value is -0.690. The summed E-state index contributed by atoms with van der Waals surface area (Å²) in [4.78, 5) is 0. The smallest absolute Gasteiger partial charge is 0.169 e. The minimum Gasteiger partial charge on any atom is -0.453 e. The van der Waals surface area contributed by atoms with E-state index in [9.17, 15) is 4.39 Å². The van der Waals surface area contributed by atoms with Crippen molar-refractivity contribution in [1.82, 2.24) is 5.43 Å². The molecule has 0 saturated heterocycles. The molecule has 1 aromatic heterocycles. The number of hydrazine groups is 1. The first-order valence-corrected chi connectivity index (χ1v) is 6.84. The summed E-state index contributed by atoms with van der Waals surface area (Å²) in [5.41, 5.74) is 3.64. The van der Waals surface area contributed by atoms with Crippen molar-refractivity contribution in [3.63, 3.8) is 0 Å². The number of nitrogens with two attached hydrogens (primary N) is 1. The standard InChI is InChI=1S/C12H11Br2FN2O/c13-9-6-8(15)2-1-7(9)5-10(17-16)11-3-4-12(14)18-11/h1-4,6,10,17H,5,16H2. The van der Waals surface area contributed by atoms with Crippen molar-refractivity contribution in [2.75, 3.05) is 0 Å². The maximum atomic E-state index is 13.0. The second kappa shape index (κ2) is 5.97. The molecule has 1 aromatic carbocycles. The van der Waals surface area contributed by atoms with E-state index in [1.54, 1.807) is 12.1 Å². The Labute approximate surface area is 121 Å². The van der Waals surface area contributed by atoms with Gasteiger partial charge in [-0.3, -0.25) is 5.84 Å². The third-order valence-corrected chi connectivity index (χ3v) is 3.74. The number of benzene rings is 1. The van der Waals surface area contributed by atoms with Gasteiger partial charge in [0.1, 0.15) is 11.6 Å². The zero-order chi connectivity index (χ0) is 13.1. The molecule has 1 atom stereocenters. The summed E-state index contributed by atoms with van der Waals surface area (Å²) in [6.07, 6.45) is 0.595. The van der Waals surface area contributed by atoms with E-state index in [1.165, 1.54) is 12.1 Å². The molecule has 96 valence electrons. The van der Waals surface area contributed by atoms with Gasteiger partial charge in [0.15, 0.2) is 4.67 Å². The van der Waals surface area contributed by atoms with E-state index >= 15 is 0 Å². The molecular weight excluding hydrogens is 367 g/mol. The quantitative estimate of drug-likeness (QED) is 0.631. The molecule has 0 fully saturated rings. The molecule has 2 rings (SSSR count). The van der Waals surface area contributed by atoms with Crippen LogP contribution in [0.2, 0.25) is 0 Å². The summed E-state index contributed by atoms with van der Waals surface area (Å²) >= 11 is 6.58. The number of halogens is 3. The Morgan fingerprint density at radius 3 is 2.61 bits per heavy atom. The zero-order valence-corrected chi connectivity index (χ0v) is 12.5. The highest BCUT2D eigenvalue weighted by atomic mass is 79.9. The predicted octanol–water partition coefficient (Wildman–Crippen LogP) is 3.69. The maximum absolute atomic E-state index is 13.0. The normalized spacial score (nSPS) is 12.7. The fourth-order valence-corrected chi connectivity index (χ4v) is 2.50. The first-order chi connectivity index (χ1) is 8.60. The highest BCUT2D eigenvalue weighted by Gasteiger charge is 2.16. The molecule has 1 heterocycles. The van der Waals surface area contributed by atoms with Crippen LogP contribution in [-0.2, 0) is 6.42 Å². The van der Waals surface area contributed by atoms with Crippen LogP contribution in [0.25, 0.3) is 0 Å². The molecule has 0 saturated carbocycles. The predicted molar refractivity (Wildman–Crippen MR) is 74.3 cm³/mol. The molecular formula is C12H11Br2FN2O. The van der Waals surface area contributed by atoms with Gasteiger partial charge >= 0.3 is 0 Å². The molecule has 0 bridgehead atoms. The number of rotatable bonds is 4. The lowest BCUT2D eigenvalue weighted by molar-refractivity contribution is 0.404. The molecule has 0 aliphatic heterocycles. The Bertz CT molecular complexity index is 545. The van der Waals surface area contributed by atoms with Crippen LogP contribution in [0.15, 0.2) is 43.9 Å². The third-order valence-electron chi connectivity index (χ3n) is 2.58. The summed E-state index contributed by atoms with van der Waals surface area (Å²) < 4.78 is 19.8. The van der Waals surface area contributed by atoms with Gasteiger partial charge in [-0.05, 0) is 52.2 Å². The van der Waals surface area contributed by atoms with Gasteiger partial charge in [0.05, 0.1) is 6.04 Å². The van der Waals surface area contributed by atoms with Crippen LogP contribution in [0, 0.1) is 5.82 Å². The highest BCUT2D eigenvalue weighted by Crippen LogP contribution is 2.26. The second-order valence-corrected chi connectivity index (χ2v) is 5.44. The van der Waals surface area contributed by atoms with Crippen molar-refractivity contribution < 1.29 is 8.81 Å². The van der Waals surface area contributed by atoms with Gasteiger partial charge in [0.2, 0.25) is 0 Å². The first-order valence-electron chi connectivity index (χ1n) is 5.25. The monoisotopic (exact) mass is 376 g/mol. The van der Waals surface area contributed by atoms with E-state index in [1.807, 2.05) is 6.07 Å². The molecule has 3 N–H and O–H groups in total. The molecule has 2 aromatic rings. The largest absolute Gasteiger partial charge is 0.453 e. The fourth-order valence-electron chi connectivity index (χ4n) is 1.66. The molecule has 18 heavy (non-hydrogen) atoms. The van der Waals surface area contributed by atoms with Crippen molar-refractivity contribution in [2.24, 2.45) is 5.84 Å². The summed E-state index contributed by atoms with van der Waals surface area (Å²) in [5, 5.41) is 0. The SMILES string of the molecule is NNC(Cc1ccc(F)cc1Br)c1ccc(Br)o1. The fraction of sp³-hybridized carbons (Fsp3) is 0.167. The van der Waals surface area contributed by atoms with Crippen LogP contribution in [-0.4, -0.2) is 0 Å². The Morgan fingerprint density at radius 1 is 1.28 bits per heavy atom. The van der Waals surface area contributed by atoms with E-state index in [-0.39, 0.29) is 11.9 Å². The van der Waals surface area contributed by atoms with Gasteiger partial charge in [-0.15, -0.1) is 0 Å². The lowest BCUT2D eigenvalue weighted by Crippen LogP contribution is -2.29. The zero-order valence-electron chi connectivity index (χ0n) is 9.29. The van der Waals surface area contributed by atoms with Crippen LogP contribution < -0.4 is 11.3 Å². The third kappa shape index (κ3) is 3.20. The lowest BCUT2D eigenvalue weighted by atomic mass is 10.0. The van der Waals surface area contributed by atoms with Gasteiger partial charge in [0.25, 0.3) is 0 Å². The van der Waals surface area contributed by atoms with Gasteiger partial charge in [-0.1, -0.05) is 22.0 Å². The first kappa shape index (κ1) is 13.7. The van der Waals surface area contributed by atoms with Crippen molar-refractivity contribution in [2.45, 2.75) is 12.5 Å². The van der Waals surface area contributed by atoms with E-state index in [2.05, 4.69) is 37.3 Å². The van der Waals surface area contributed by atoms with Crippen LogP contribution in [0.4, 0.5) is 4.39 Å². The molecule has 0 spiro atoms. The molecule has 3 nitrogen and oxygen atoms in total. The van der Waals surface area contributed by atoms with Crippen LogP contribution in [0.3, 0.4) is 0 Å². The average molecular weight is 378 g/mol. The summed E-state index contributed by atoms with van der Waals surface area (Å²) in [7, 11) is 0. The van der Waals surface area contributed by atoms with Gasteiger partial charge in [0, 0.05) is 4.47 Å². The van der Waals surface area contributed by atoms with Crippen LogP contribution in [0.5, 0.6) is 0 Å². The van der Waals surface area contributed by atoms with Crippen LogP contribution in [0.1, 0.15) is 17.4 Å². The Morgan fingerprint density at radius 2 is 2.06 bits per heavy atom. The topological polar surface area (TPSA) is 51.2 Å². The minimum absolute atomic E-state index is 0.168. The molecule has 0 aliphatic carbocycles. The van der Waals surface area contributed by atoms with E-state index in [0.29, 0.717) is 15.6 Å². The molecule has 6 heteroatoms. The average Bonchev–Trinajstić information content (AvgIpc) is 2.75. The second-order valence-electron chi connectivity index (χ2n) is 3.80. The van der Waals surface area contributed by atoms with E-state index in [0.717, 1.165) is 11.3 Å². The maximum Gasteiger partial charge on any atom is 0.169 e. The number of hydrogen-bond acceptors (Lipinski definition) is 3. The Balaban J connectivity index is 2.20. The van der Waals surface area contributed by atoms with Crippen LogP contribution >= 0.6 is 31.9 Å². The summed E-state index contributed by atoms with van der Waals surface area (Å²) in [6, 6.07) is 8.05. The highest BCUT2D eigenvalue weighted by molar-refractivity contribution is 9.10. The van der Waals surface area contributed by atoms with Gasteiger partial charge < -0.3 is 4.42 Å². The summed E-state index contributed by atoms with van der Waals surface area (Å²) in [5.74, 6) is 5.98. The van der Waals surface area contributed by atoms with Gasteiger partial charge in [-0.2, -0.15) is 0 Å². The lowest BCUT2D eigenvalue weighted by Gasteiger charge is -2.14. The number of furan rings is 1. The summed E-state index contributed by atoms with van der Waals surface area (Å²) in [6.45, 7) is 0. The van der Waals surface area contributed by atoms with E-state index < -0.39 is 0 Å². The van der Waals surface area contributed by atoms with Crippen molar-refractivity contribution in [3.05, 3.63) is 56.6 Å². The molecule has 0 radical (unpaired) electrons. The van der Waals surface area contributed by atoms with Crippen molar-refractivity contribution in [3.8, 4) is 0 Å². The molecule has 0 aliphatic rings. The van der Waals surface area contributed by atoms with E-state index in [4.69, 9.17) is 10.3 Å². The number of hydrogen-bond donors (Lipinski definition) is 2.